The van der Waals surface area contributed by atoms with E-state index in [1.807, 2.05) is 12.1 Å². The van der Waals surface area contributed by atoms with Gasteiger partial charge in [-0.3, -0.25) is 4.79 Å². The van der Waals surface area contributed by atoms with E-state index in [9.17, 15) is 4.79 Å². The Morgan fingerprint density at radius 3 is 2.58 bits per heavy atom. The molecule has 1 amide bonds. The standard InChI is InChI=1S/C18H21ClN4O/c1-22-9-11-23(12-10-22)17-15(3-2-8-20-17)13-21-18(24)14-4-6-16(19)7-5-14/h2-8H,9-13H2,1H3,(H,21,24). The Kier molecular flexibility index (Phi) is 5.33. The van der Waals surface area contributed by atoms with Gasteiger partial charge in [0.15, 0.2) is 0 Å². The highest BCUT2D eigenvalue weighted by Gasteiger charge is 2.18. The monoisotopic (exact) mass is 344 g/mol. The molecule has 1 aromatic heterocycles. The Bertz CT molecular complexity index is 696. The molecule has 126 valence electrons. The van der Waals surface area contributed by atoms with Gasteiger partial charge in [0.05, 0.1) is 0 Å². The number of rotatable bonds is 4. The van der Waals surface area contributed by atoms with E-state index in [-0.39, 0.29) is 5.91 Å². The molecule has 1 fully saturated rings. The Hall–Kier alpha value is -2.11. The molecule has 0 unspecified atom stereocenters. The Balaban J connectivity index is 1.67. The van der Waals surface area contributed by atoms with Crippen molar-refractivity contribution >= 4 is 23.3 Å². The number of nitrogens with zero attached hydrogens (tertiary/aromatic N) is 3. The topological polar surface area (TPSA) is 48.5 Å². The average molecular weight is 345 g/mol. The number of benzene rings is 1. The van der Waals surface area contributed by atoms with Crippen LogP contribution in [-0.2, 0) is 6.54 Å². The smallest absolute Gasteiger partial charge is 0.251 e. The Labute approximate surface area is 147 Å². The molecule has 0 spiro atoms. The van der Waals surface area contributed by atoms with Gasteiger partial charge in [-0.15, -0.1) is 0 Å². The number of likely N-dealkylation sites (N-methyl/N-ethyl adjacent to an activating group) is 1. The first kappa shape index (κ1) is 16.7. The molecule has 3 rings (SSSR count). The molecule has 1 aliphatic rings. The lowest BCUT2D eigenvalue weighted by Gasteiger charge is -2.34. The van der Waals surface area contributed by atoms with Crippen LogP contribution >= 0.6 is 11.6 Å². The highest BCUT2D eigenvalue weighted by Crippen LogP contribution is 2.19. The first-order chi connectivity index (χ1) is 11.6. The molecule has 0 atom stereocenters. The highest BCUT2D eigenvalue weighted by atomic mass is 35.5. The fourth-order valence-corrected chi connectivity index (χ4v) is 2.88. The van der Waals surface area contributed by atoms with Crippen molar-refractivity contribution in [3.05, 3.63) is 58.7 Å². The number of piperazine rings is 1. The molecule has 0 saturated carbocycles. The summed E-state index contributed by atoms with van der Waals surface area (Å²) in [5, 5.41) is 3.59. The number of hydrogen-bond donors (Lipinski definition) is 1. The molecule has 24 heavy (non-hydrogen) atoms. The van der Waals surface area contributed by atoms with Gasteiger partial charge in [-0.1, -0.05) is 17.7 Å². The summed E-state index contributed by atoms with van der Waals surface area (Å²) in [4.78, 5) is 21.4. The molecule has 2 heterocycles. The molecule has 2 aromatic rings. The van der Waals surface area contributed by atoms with Crippen LogP contribution < -0.4 is 10.2 Å². The first-order valence-electron chi connectivity index (χ1n) is 8.04. The third kappa shape index (κ3) is 4.04. The van der Waals surface area contributed by atoms with Crippen LogP contribution in [0.15, 0.2) is 42.6 Å². The van der Waals surface area contributed by atoms with Crippen LogP contribution in [0, 0.1) is 0 Å². The number of carbonyl (C=O) groups is 1. The minimum Gasteiger partial charge on any atom is -0.354 e. The molecule has 1 aliphatic heterocycles. The number of anilines is 1. The van der Waals surface area contributed by atoms with Crippen molar-refractivity contribution in [1.82, 2.24) is 15.2 Å². The summed E-state index contributed by atoms with van der Waals surface area (Å²) in [6.07, 6.45) is 1.80. The molecule has 1 saturated heterocycles. The zero-order chi connectivity index (χ0) is 16.9. The number of nitrogens with one attached hydrogen (secondary N) is 1. The van der Waals surface area contributed by atoms with Crippen LogP contribution in [0.4, 0.5) is 5.82 Å². The molecule has 1 aromatic carbocycles. The molecule has 0 radical (unpaired) electrons. The third-order valence-electron chi connectivity index (χ3n) is 4.22. The van der Waals surface area contributed by atoms with Gasteiger partial charge in [0, 0.05) is 55.1 Å². The summed E-state index contributed by atoms with van der Waals surface area (Å²) in [5.74, 6) is 0.849. The van der Waals surface area contributed by atoms with Crippen LogP contribution in [0.25, 0.3) is 0 Å². The van der Waals surface area contributed by atoms with Crippen molar-refractivity contribution in [1.29, 1.82) is 0 Å². The van der Waals surface area contributed by atoms with Crippen LogP contribution in [0.1, 0.15) is 15.9 Å². The molecule has 6 heteroatoms. The number of aromatic nitrogens is 1. The number of carbonyl (C=O) groups excluding carboxylic acids is 1. The molecular weight excluding hydrogens is 324 g/mol. The number of halogens is 1. The quantitative estimate of drug-likeness (QED) is 0.925. The predicted octanol–water partition coefficient (Wildman–Crippen LogP) is 2.42. The molecule has 0 bridgehead atoms. The minimum atomic E-state index is -0.111. The largest absolute Gasteiger partial charge is 0.354 e. The Morgan fingerprint density at radius 2 is 1.88 bits per heavy atom. The van der Waals surface area contributed by atoms with Crippen molar-refractivity contribution in [3.63, 3.8) is 0 Å². The van der Waals surface area contributed by atoms with Crippen LogP contribution in [0.3, 0.4) is 0 Å². The van der Waals surface area contributed by atoms with Crippen LogP contribution in [0.5, 0.6) is 0 Å². The summed E-state index contributed by atoms with van der Waals surface area (Å²) >= 11 is 5.86. The van der Waals surface area contributed by atoms with Gasteiger partial charge in [0.25, 0.3) is 5.91 Å². The number of pyridine rings is 1. The summed E-state index contributed by atoms with van der Waals surface area (Å²) in [7, 11) is 2.13. The van der Waals surface area contributed by atoms with Gasteiger partial charge in [-0.05, 0) is 37.4 Å². The van der Waals surface area contributed by atoms with Crippen molar-refractivity contribution in [2.45, 2.75) is 6.54 Å². The summed E-state index contributed by atoms with van der Waals surface area (Å²) in [5.41, 5.74) is 1.63. The van der Waals surface area contributed by atoms with Gasteiger partial charge in [-0.25, -0.2) is 4.98 Å². The molecule has 1 N–H and O–H groups in total. The fraction of sp³-hybridized carbons (Fsp3) is 0.333. The number of amides is 1. The zero-order valence-electron chi connectivity index (χ0n) is 13.7. The Morgan fingerprint density at radius 1 is 1.17 bits per heavy atom. The lowest BCUT2D eigenvalue weighted by atomic mass is 10.2. The van der Waals surface area contributed by atoms with Gasteiger partial charge in [0.2, 0.25) is 0 Å². The van der Waals surface area contributed by atoms with Crippen LogP contribution in [0.2, 0.25) is 5.02 Å². The van der Waals surface area contributed by atoms with Crippen molar-refractivity contribution in [2.75, 3.05) is 38.1 Å². The number of hydrogen-bond acceptors (Lipinski definition) is 4. The van der Waals surface area contributed by atoms with Crippen molar-refractivity contribution in [3.8, 4) is 0 Å². The second-order valence-electron chi connectivity index (χ2n) is 5.97. The SMILES string of the molecule is CN1CCN(c2ncccc2CNC(=O)c2ccc(Cl)cc2)CC1. The molecular formula is C18H21ClN4O. The van der Waals surface area contributed by atoms with E-state index in [4.69, 9.17) is 11.6 Å². The summed E-state index contributed by atoms with van der Waals surface area (Å²) in [6.45, 7) is 4.40. The average Bonchev–Trinajstić information content (AvgIpc) is 2.61. The second kappa shape index (κ2) is 7.64. The zero-order valence-corrected chi connectivity index (χ0v) is 14.5. The van der Waals surface area contributed by atoms with Gasteiger partial charge >= 0.3 is 0 Å². The highest BCUT2D eigenvalue weighted by molar-refractivity contribution is 6.30. The van der Waals surface area contributed by atoms with Gasteiger partial charge in [-0.2, -0.15) is 0 Å². The normalized spacial score (nSPS) is 15.3. The predicted molar refractivity (Wildman–Crippen MR) is 96.6 cm³/mol. The van der Waals surface area contributed by atoms with Crippen molar-refractivity contribution in [2.24, 2.45) is 0 Å². The van der Waals surface area contributed by atoms with Crippen molar-refractivity contribution < 1.29 is 4.79 Å². The van der Waals surface area contributed by atoms with Crippen LogP contribution in [-0.4, -0.2) is 49.0 Å². The van der Waals surface area contributed by atoms with E-state index in [0.717, 1.165) is 37.6 Å². The van der Waals surface area contributed by atoms with E-state index in [0.29, 0.717) is 17.1 Å². The maximum absolute atomic E-state index is 12.3. The fourth-order valence-electron chi connectivity index (χ4n) is 2.75. The maximum atomic E-state index is 12.3. The molecule has 5 nitrogen and oxygen atoms in total. The maximum Gasteiger partial charge on any atom is 0.251 e. The lowest BCUT2D eigenvalue weighted by molar-refractivity contribution is 0.0951. The minimum absolute atomic E-state index is 0.111. The third-order valence-corrected chi connectivity index (χ3v) is 4.47. The van der Waals surface area contributed by atoms with E-state index < -0.39 is 0 Å². The van der Waals surface area contributed by atoms with Gasteiger partial charge < -0.3 is 15.1 Å². The lowest BCUT2D eigenvalue weighted by Crippen LogP contribution is -2.45. The van der Waals surface area contributed by atoms with E-state index in [2.05, 4.69) is 27.1 Å². The summed E-state index contributed by atoms with van der Waals surface area (Å²) < 4.78 is 0. The summed E-state index contributed by atoms with van der Waals surface area (Å²) in [6, 6.07) is 10.8. The van der Waals surface area contributed by atoms with Gasteiger partial charge in [0.1, 0.15) is 5.82 Å². The van der Waals surface area contributed by atoms with E-state index >= 15 is 0 Å². The second-order valence-corrected chi connectivity index (χ2v) is 6.40. The van der Waals surface area contributed by atoms with E-state index in [1.165, 1.54) is 0 Å². The van der Waals surface area contributed by atoms with E-state index in [1.54, 1.807) is 30.5 Å². The first-order valence-corrected chi connectivity index (χ1v) is 8.42. The molecule has 0 aliphatic carbocycles.